The molecule has 4 heteroatoms. The van der Waals surface area contributed by atoms with Crippen molar-refractivity contribution in [3.8, 4) is 0 Å². The Hall–Kier alpha value is -1.17. The average Bonchev–Trinajstić information content (AvgIpc) is 2.32. The van der Waals surface area contributed by atoms with Crippen LogP contribution in [0.2, 0.25) is 0 Å². The quantitative estimate of drug-likeness (QED) is 0.882. The fraction of sp³-hybridized carbons (Fsp3) is 0.167. The third kappa shape index (κ3) is 2.91. The molecule has 1 aromatic heterocycles. The molecule has 0 saturated carbocycles. The van der Waals surface area contributed by atoms with E-state index in [1.54, 1.807) is 12.5 Å². The van der Waals surface area contributed by atoms with Gasteiger partial charge in [-0.3, -0.25) is 0 Å². The number of rotatable bonds is 3. The van der Waals surface area contributed by atoms with Gasteiger partial charge in [-0.15, -0.1) is 0 Å². The zero-order valence-electron chi connectivity index (χ0n) is 8.94. The van der Waals surface area contributed by atoms with Crippen molar-refractivity contribution in [3.05, 3.63) is 51.6 Å². The van der Waals surface area contributed by atoms with E-state index < -0.39 is 0 Å². The number of benzene rings is 1. The van der Waals surface area contributed by atoms with E-state index in [2.05, 4.69) is 63.0 Å². The lowest BCUT2D eigenvalue weighted by atomic mass is 10.2. The van der Waals surface area contributed by atoms with Crippen molar-refractivity contribution >= 4 is 28.3 Å². The first-order valence-corrected chi connectivity index (χ1v) is 6.08. The van der Waals surface area contributed by atoms with E-state index in [0.717, 1.165) is 17.9 Å². The second kappa shape index (κ2) is 5.25. The molecule has 1 N–H and O–H groups in total. The molecule has 0 aliphatic heterocycles. The van der Waals surface area contributed by atoms with Gasteiger partial charge in [0.1, 0.15) is 6.33 Å². The molecule has 1 heterocycles. The summed E-state index contributed by atoms with van der Waals surface area (Å²) in [4.78, 5) is 8.04. The molecule has 0 bridgehead atoms. The minimum absolute atomic E-state index is 0.724. The summed E-state index contributed by atoms with van der Waals surface area (Å²) in [5, 5.41) is 3.33. The number of aromatic nitrogens is 2. The number of nitrogens with zero attached hydrogens (tertiary/aromatic N) is 2. The van der Waals surface area contributed by atoms with E-state index in [4.69, 9.17) is 0 Å². The van der Waals surface area contributed by atoms with Gasteiger partial charge in [0.2, 0.25) is 0 Å². The highest BCUT2D eigenvalue weighted by Crippen LogP contribution is 2.17. The second-order valence-electron chi connectivity index (χ2n) is 3.52. The van der Waals surface area contributed by atoms with Gasteiger partial charge in [-0.1, -0.05) is 6.07 Å². The fourth-order valence-electron chi connectivity index (χ4n) is 1.32. The van der Waals surface area contributed by atoms with Crippen LogP contribution in [0.5, 0.6) is 0 Å². The van der Waals surface area contributed by atoms with Crippen molar-refractivity contribution < 1.29 is 0 Å². The highest BCUT2D eigenvalue weighted by Gasteiger charge is 1.97. The van der Waals surface area contributed by atoms with Crippen molar-refractivity contribution in [1.29, 1.82) is 0 Å². The number of hydrogen-bond acceptors (Lipinski definition) is 3. The van der Waals surface area contributed by atoms with Gasteiger partial charge >= 0.3 is 0 Å². The van der Waals surface area contributed by atoms with Gasteiger partial charge in [0, 0.05) is 15.5 Å². The molecular formula is C12H12IN3. The summed E-state index contributed by atoms with van der Waals surface area (Å²) >= 11 is 2.34. The van der Waals surface area contributed by atoms with Gasteiger partial charge in [0.05, 0.1) is 12.2 Å². The minimum Gasteiger partial charge on any atom is -0.379 e. The Labute approximate surface area is 108 Å². The lowest BCUT2D eigenvalue weighted by Crippen LogP contribution is -2.01. The third-order valence-corrected chi connectivity index (χ3v) is 3.45. The Kier molecular flexibility index (Phi) is 3.71. The summed E-state index contributed by atoms with van der Waals surface area (Å²) in [6.45, 7) is 2.83. The molecule has 82 valence electrons. The molecule has 16 heavy (non-hydrogen) atoms. The van der Waals surface area contributed by atoms with E-state index in [-0.39, 0.29) is 0 Å². The number of aryl methyl sites for hydroxylation is 1. The lowest BCUT2D eigenvalue weighted by Gasteiger charge is -2.07. The Bertz CT molecular complexity index is 471. The van der Waals surface area contributed by atoms with Crippen molar-refractivity contribution in [2.24, 2.45) is 0 Å². The number of hydrogen-bond donors (Lipinski definition) is 1. The molecule has 2 aromatic rings. The monoisotopic (exact) mass is 325 g/mol. The molecule has 0 spiro atoms. The van der Waals surface area contributed by atoms with Crippen molar-refractivity contribution in [2.75, 3.05) is 5.32 Å². The maximum absolute atomic E-state index is 4.16. The van der Waals surface area contributed by atoms with Gasteiger partial charge in [0.25, 0.3) is 0 Å². The van der Waals surface area contributed by atoms with Crippen LogP contribution in [0.4, 0.5) is 5.69 Å². The normalized spacial score (nSPS) is 10.1. The summed E-state index contributed by atoms with van der Waals surface area (Å²) < 4.78 is 1.27. The lowest BCUT2D eigenvalue weighted by molar-refractivity contribution is 1.01. The maximum Gasteiger partial charge on any atom is 0.115 e. The van der Waals surface area contributed by atoms with Gasteiger partial charge in [-0.2, -0.15) is 0 Å². The first kappa shape index (κ1) is 11.3. The van der Waals surface area contributed by atoms with Crippen LogP contribution < -0.4 is 5.32 Å². The molecule has 2 rings (SSSR count). The SMILES string of the molecule is Cc1ccc(NCc2ccncn2)cc1I. The molecule has 0 fully saturated rings. The first-order chi connectivity index (χ1) is 7.75. The maximum atomic E-state index is 4.16. The fourth-order valence-corrected chi connectivity index (χ4v) is 1.83. The second-order valence-corrected chi connectivity index (χ2v) is 4.68. The van der Waals surface area contributed by atoms with Crippen molar-refractivity contribution in [3.63, 3.8) is 0 Å². The van der Waals surface area contributed by atoms with E-state index >= 15 is 0 Å². The summed E-state index contributed by atoms with van der Waals surface area (Å²) in [5.74, 6) is 0. The van der Waals surface area contributed by atoms with Gasteiger partial charge < -0.3 is 5.32 Å². The van der Waals surface area contributed by atoms with Crippen LogP contribution in [0.25, 0.3) is 0 Å². The van der Waals surface area contributed by atoms with Crippen LogP contribution in [0.1, 0.15) is 11.3 Å². The standard InChI is InChI=1S/C12H12IN3/c1-9-2-3-10(6-12(9)13)15-7-11-4-5-14-8-16-11/h2-6,8,15H,7H2,1H3. The Morgan fingerprint density at radius 2 is 2.19 bits per heavy atom. The molecule has 1 aromatic carbocycles. The molecule has 0 aliphatic carbocycles. The first-order valence-electron chi connectivity index (χ1n) is 5.00. The highest BCUT2D eigenvalue weighted by atomic mass is 127. The van der Waals surface area contributed by atoms with Gasteiger partial charge in [-0.05, 0) is 53.3 Å². The third-order valence-electron chi connectivity index (χ3n) is 2.29. The molecule has 0 unspecified atom stereocenters. The van der Waals surface area contributed by atoms with Crippen LogP contribution >= 0.6 is 22.6 Å². The average molecular weight is 325 g/mol. The van der Waals surface area contributed by atoms with Crippen LogP contribution in [-0.2, 0) is 6.54 Å². The summed E-state index contributed by atoms with van der Waals surface area (Å²) in [7, 11) is 0. The van der Waals surface area contributed by atoms with E-state index in [1.807, 2.05) is 6.07 Å². The molecule has 0 aliphatic rings. The van der Waals surface area contributed by atoms with E-state index in [1.165, 1.54) is 9.13 Å². The molecule has 0 radical (unpaired) electrons. The summed E-state index contributed by atoms with van der Waals surface area (Å²) in [5.41, 5.74) is 3.41. The zero-order chi connectivity index (χ0) is 11.4. The Balaban J connectivity index is 2.03. The van der Waals surface area contributed by atoms with Crippen molar-refractivity contribution in [1.82, 2.24) is 9.97 Å². The zero-order valence-corrected chi connectivity index (χ0v) is 11.1. The summed E-state index contributed by atoms with van der Waals surface area (Å²) in [6, 6.07) is 8.24. The smallest absolute Gasteiger partial charge is 0.115 e. The predicted molar refractivity (Wildman–Crippen MR) is 73.3 cm³/mol. The minimum atomic E-state index is 0.724. The number of nitrogens with one attached hydrogen (secondary N) is 1. The number of halogens is 1. The molecular weight excluding hydrogens is 313 g/mol. The predicted octanol–water partition coefficient (Wildman–Crippen LogP) is 3.00. The molecule has 0 saturated heterocycles. The van der Waals surface area contributed by atoms with Crippen molar-refractivity contribution in [2.45, 2.75) is 13.5 Å². The molecule has 0 atom stereocenters. The van der Waals surface area contributed by atoms with Gasteiger partial charge in [0.15, 0.2) is 0 Å². The van der Waals surface area contributed by atoms with E-state index in [0.29, 0.717) is 0 Å². The van der Waals surface area contributed by atoms with Crippen LogP contribution in [-0.4, -0.2) is 9.97 Å². The largest absolute Gasteiger partial charge is 0.379 e. The Morgan fingerprint density at radius 1 is 1.31 bits per heavy atom. The van der Waals surface area contributed by atoms with Crippen LogP contribution in [0.15, 0.2) is 36.8 Å². The van der Waals surface area contributed by atoms with Crippen LogP contribution in [0.3, 0.4) is 0 Å². The highest BCUT2D eigenvalue weighted by molar-refractivity contribution is 14.1. The van der Waals surface area contributed by atoms with Gasteiger partial charge in [-0.25, -0.2) is 9.97 Å². The number of anilines is 1. The van der Waals surface area contributed by atoms with E-state index in [9.17, 15) is 0 Å². The Morgan fingerprint density at radius 3 is 2.88 bits per heavy atom. The molecule has 0 amide bonds. The molecule has 3 nitrogen and oxygen atoms in total. The topological polar surface area (TPSA) is 37.8 Å². The van der Waals surface area contributed by atoms with Crippen LogP contribution in [0, 0.1) is 10.5 Å². The summed E-state index contributed by atoms with van der Waals surface area (Å²) in [6.07, 6.45) is 3.32.